The van der Waals surface area contributed by atoms with E-state index in [4.69, 9.17) is 4.74 Å². The van der Waals surface area contributed by atoms with Crippen LogP contribution in [0.3, 0.4) is 0 Å². The molecule has 0 amide bonds. The minimum atomic E-state index is -1.31. The molecule has 4 heterocycles. The van der Waals surface area contributed by atoms with Crippen LogP contribution in [0.15, 0.2) is 41.7 Å². The van der Waals surface area contributed by atoms with Gasteiger partial charge in [-0.1, -0.05) is 0 Å². The van der Waals surface area contributed by atoms with Gasteiger partial charge in [-0.25, -0.2) is 28.1 Å². The van der Waals surface area contributed by atoms with E-state index in [-0.39, 0.29) is 22.3 Å². The molecule has 0 spiro atoms. The minimum absolute atomic E-state index is 0.0257. The number of fused-ring (bicyclic) bond motifs is 1. The molecular weight excluding hydrogens is 473 g/mol. The summed E-state index contributed by atoms with van der Waals surface area (Å²) in [4.78, 5) is 24.0. The van der Waals surface area contributed by atoms with Crippen molar-refractivity contribution in [3.8, 4) is 11.3 Å². The van der Waals surface area contributed by atoms with E-state index < -0.39 is 23.0 Å². The van der Waals surface area contributed by atoms with E-state index in [1.165, 1.54) is 43.7 Å². The highest BCUT2D eigenvalue weighted by Crippen LogP contribution is 2.33. The molecule has 1 saturated carbocycles. The van der Waals surface area contributed by atoms with Crippen LogP contribution >= 0.6 is 0 Å². The van der Waals surface area contributed by atoms with E-state index in [2.05, 4.69) is 20.1 Å². The number of ether oxygens (including phenoxy) is 1. The molecule has 0 N–H and O–H groups in total. The standard InChI is InChI=1S/C14H9F3N4O.C6H8N2.C5H10O/c1-6-20-12-11(7-3-9(16)10(17)4-8(7)15)18-5-19-13(12)14(22)21(6)2;1-4-7-8(5-1)6-2-3-6;1-2-4-6-5-3-1/h3-5H,1-2H3;1,4-6H,2-3H2;1-5H2. The molecule has 0 bridgehead atoms. The molecular formula is C25H27F3N6O2. The van der Waals surface area contributed by atoms with Gasteiger partial charge in [0.15, 0.2) is 17.2 Å². The normalized spacial score (nSPS) is 15.0. The van der Waals surface area contributed by atoms with Gasteiger partial charge in [-0.3, -0.25) is 14.0 Å². The molecule has 2 fully saturated rings. The monoisotopic (exact) mass is 500 g/mol. The van der Waals surface area contributed by atoms with E-state index in [1.54, 1.807) is 6.92 Å². The molecule has 1 aromatic carbocycles. The van der Waals surface area contributed by atoms with Crippen LogP contribution in [-0.2, 0) is 11.8 Å². The van der Waals surface area contributed by atoms with Gasteiger partial charge in [0.05, 0.1) is 6.04 Å². The molecule has 1 aliphatic carbocycles. The van der Waals surface area contributed by atoms with Crippen molar-refractivity contribution in [2.75, 3.05) is 13.2 Å². The lowest BCUT2D eigenvalue weighted by molar-refractivity contribution is 0.0968. The zero-order chi connectivity index (χ0) is 25.7. The van der Waals surface area contributed by atoms with E-state index in [0.717, 1.165) is 25.6 Å². The number of nitrogens with zero attached hydrogens (tertiary/aromatic N) is 6. The highest BCUT2D eigenvalue weighted by molar-refractivity contribution is 5.88. The zero-order valence-electron chi connectivity index (χ0n) is 20.1. The van der Waals surface area contributed by atoms with Crippen LogP contribution in [0, 0.1) is 24.4 Å². The highest BCUT2D eigenvalue weighted by Gasteiger charge is 2.23. The summed E-state index contributed by atoms with van der Waals surface area (Å²) in [5.74, 6) is -3.17. The Morgan fingerprint density at radius 3 is 2.28 bits per heavy atom. The minimum Gasteiger partial charge on any atom is -0.381 e. The van der Waals surface area contributed by atoms with Crippen LogP contribution in [0.2, 0.25) is 0 Å². The molecule has 4 aromatic rings. The molecule has 1 aliphatic heterocycles. The molecule has 190 valence electrons. The Hall–Kier alpha value is -3.60. The van der Waals surface area contributed by atoms with Gasteiger partial charge in [-0.2, -0.15) is 5.10 Å². The Bertz CT molecular complexity index is 1370. The number of hydrogen-bond acceptors (Lipinski definition) is 6. The summed E-state index contributed by atoms with van der Waals surface area (Å²) in [5, 5.41) is 4.09. The first-order chi connectivity index (χ1) is 17.4. The largest absolute Gasteiger partial charge is 0.381 e. The number of aromatic nitrogens is 6. The number of benzene rings is 1. The van der Waals surface area contributed by atoms with Crippen molar-refractivity contribution in [3.63, 3.8) is 0 Å². The van der Waals surface area contributed by atoms with Crippen LogP contribution in [0.25, 0.3) is 22.3 Å². The van der Waals surface area contributed by atoms with Crippen LogP contribution in [-0.4, -0.2) is 42.5 Å². The highest BCUT2D eigenvalue weighted by atomic mass is 19.2. The molecule has 0 unspecified atom stereocenters. The summed E-state index contributed by atoms with van der Waals surface area (Å²) in [6, 6.07) is 3.82. The smallest absolute Gasteiger partial charge is 0.279 e. The molecule has 0 atom stereocenters. The van der Waals surface area contributed by atoms with Crippen molar-refractivity contribution in [1.82, 2.24) is 29.3 Å². The fourth-order valence-corrected chi connectivity index (χ4v) is 3.61. The van der Waals surface area contributed by atoms with Crippen LogP contribution in [0.5, 0.6) is 0 Å². The van der Waals surface area contributed by atoms with E-state index in [1.807, 2.05) is 23.1 Å². The molecule has 3 aromatic heterocycles. The van der Waals surface area contributed by atoms with E-state index in [0.29, 0.717) is 18.0 Å². The summed E-state index contributed by atoms with van der Waals surface area (Å²) < 4.78 is 48.8. The van der Waals surface area contributed by atoms with Gasteiger partial charge in [-0.15, -0.1) is 0 Å². The summed E-state index contributed by atoms with van der Waals surface area (Å²) in [6.07, 6.45) is 11.5. The lowest BCUT2D eigenvalue weighted by Crippen LogP contribution is -2.22. The summed E-state index contributed by atoms with van der Waals surface area (Å²) in [6.45, 7) is 3.58. The average molecular weight is 501 g/mol. The quantitative estimate of drug-likeness (QED) is 0.376. The van der Waals surface area contributed by atoms with Crippen molar-refractivity contribution in [1.29, 1.82) is 0 Å². The Kier molecular flexibility index (Phi) is 8.09. The number of aryl methyl sites for hydroxylation is 1. The molecule has 2 aliphatic rings. The van der Waals surface area contributed by atoms with Gasteiger partial charge in [0.25, 0.3) is 5.56 Å². The average Bonchev–Trinajstić information content (AvgIpc) is 3.60. The maximum atomic E-state index is 13.9. The molecule has 1 saturated heterocycles. The van der Waals surface area contributed by atoms with Gasteiger partial charge >= 0.3 is 0 Å². The predicted octanol–water partition coefficient (Wildman–Crippen LogP) is 4.52. The first kappa shape index (κ1) is 25.5. The summed E-state index contributed by atoms with van der Waals surface area (Å²) in [7, 11) is 1.52. The molecule has 8 nitrogen and oxygen atoms in total. The molecule has 0 radical (unpaired) electrons. The van der Waals surface area contributed by atoms with Crippen molar-refractivity contribution in [3.05, 3.63) is 70.5 Å². The fraction of sp³-hybridized carbons (Fsp3) is 0.400. The first-order valence-corrected chi connectivity index (χ1v) is 11.8. The summed E-state index contributed by atoms with van der Waals surface area (Å²) >= 11 is 0. The lowest BCUT2D eigenvalue weighted by Gasteiger charge is -2.09. The summed E-state index contributed by atoms with van der Waals surface area (Å²) in [5.41, 5.74) is -0.780. The fourth-order valence-electron chi connectivity index (χ4n) is 3.61. The Morgan fingerprint density at radius 2 is 1.69 bits per heavy atom. The van der Waals surface area contributed by atoms with Gasteiger partial charge in [0.1, 0.15) is 29.2 Å². The van der Waals surface area contributed by atoms with E-state index >= 15 is 0 Å². The van der Waals surface area contributed by atoms with Crippen LogP contribution in [0.4, 0.5) is 13.2 Å². The van der Waals surface area contributed by atoms with Crippen LogP contribution in [0.1, 0.15) is 44.0 Å². The molecule has 36 heavy (non-hydrogen) atoms. The van der Waals surface area contributed by atoms with Crippen molar-refractivity contribution < 1.29 is 17.9 Å². The third kappa shape index (κ3) is 5.96. The lowest BCUT2D eigenvalue weighted by atomic mass is 10.1. The molecule has 6 rings (SSSR count). The van der Waals surface area contributed by atoms with Crippen LogP contribution < -0.4 is 5.56 Å². The Morgan fingerprint density at radius 1 is 0.972 bits per heavy atom. The maximum Gasteiger partial charge on any atom is 0.279 e. The molecule has 11 heteroatoms. The second-order valence-corrected chi connectivity index (χ2v) is 8.58. The second kappa shape index (κ2) is 11.4. The predicted molar refractivity (Wildman–Crippen MR) is 128 cm³/mol. The van der Waals surface area contributed by atoms with E-state index in [9.17, 15) is 18.0 Å². The van der Waals surface area contributed by atoms with Crippen molar-refractivity contribution >= 4 is 11.0 Å². The maximum absolute atomic E-state index is 13.9. The SMILES string of the molecule is C1CCOCC1.Cc1nc2c(-c3cc(F)c(F)cc3F)ncnc2c(=O)n1C.c1cnn(C2CC2)c1. The second-order valence-electron chi connectivity index (χ2n) is 8.58. The zero-order valence-corrected chi connectivity index (χ0v) is 20.1. The van der Waals surface area contributed by atoms with Crippen molar-refractivity contribution in [2.24, 2.45) is 7.05 Å². The van der Waals surface area contributed by atoms with Gasteiger partial charge in [-0.05, 0) is 51.2 Å². The number of halogens is 3. The Labute approximate surface area is 205 Å². The first-order valence-electron chi connectivity index (χ1n) is 11.8. The van der Waals surface area contributed by atoms with Gasteiger partial charge < -0.3 is 4.74 Å². The third-order valence-corrected chi connectivity index (χ3v) is 5.88. The van der Waals surface area contributed by atoms with Gasteiger partial charge in [0, 0.05) is 44.3 Å². The van der Waals surface area contributed by atoms with Crippen molar-refractivity contribution in [2.45, 2.75) is 45.1 Å². The van der Waals surface area contributed by atoms with Gasteiger partial charge in [0.2, 0.25) is 0 Å². The number of hydrogen-bond donors (Lipinski definition) is 0. The number of rotatable bonds is 2. The topological polar surface area (TPSA) is 87.7 Å². The Balaban J connectivity index is 0.000000174. The third-order valence-electron chi connectivity index (χ3n) is 5.88.